The van der Waals surface area contributed by atoms with Crippen LogP contribution in [0.15, 0.2) is 53.4 Å². The summed E-state index contributed by atoms with van der Waals surface area (Å²) in [5, 5.41) is 0. The standard InChI is InChI=1S/C19H16FNO2S2/c1-2-11-23-14-9-7-13(8-10-14)12-17-18(22)21(19(24)25-17)16-6-4-3-5-15(16)20/h3-10,12H,2,11H2,1H3/b17-12+. The monoisotopic (exact) mass is 373 g/mol. The van der Waals surface area contributed by atoms with Crippen LogP contribution in [0, 0.1) is 5.82 Å². The van der Waals surface area contributed by atoms with Crippen LogP contribution >= 0.6 is 24.0 Å². The van der Waals surface area contributed by atoms with Gasteiger partial charge in [0.05, 0.1) is 17.2 Å². The van der Waals surface area contributed by atoms with Gasteiger partial charge in [-0.1, -0.05) is 55.2 Å². The van der Waals surface area contributed by atoms with Crippen LogP contribution in [0.5, 0.6) is 5.75 Å². The molecule has 6 heteroatoms. The molecule has 1 fully saturated rings. The number of thioether (sulfide) groups is 1. The zero-order chi connectivity index (χ0) is 17.8. The normalized spacial score (nSPS) is 15.9. The summed E-state index contributed by atoms with van der Waals surface area (Å²) in [7, 11) is 0. The van der Waals surface area contributed by atoms with Gasteiger partial charge >= 0.3 is 0 Å². The Hall–Kier alpha value is -2.18. The van der Waals surface area contributed by atoms with Crippen molar-refractivity contribution < 1.29 is 13.9 Å². The van der Waals surface area contributed by atoms with Gasteiger partial charge in [0, 0.05) is 0 Å². The quantitative estimate of drug-likeness (QED) is 0.544. The SMILES string of the molecule is CCCOc1ccc(/C=C2/SC(=S)N(c3ccccc3F)C2=O)cc1. The fourth-order valence-electron chi connectivity index (χ4n) is 2.34. The van der Waals surface area contributed by atoms with Crippen molar-refractivity contribution in [3.8, 4) is 5.75 Å². The molecule has 2 aromatic rings. The number of ether oxygens (including phenoxy) is 1. The van der Waals surface area contributed by atoms with E-state index in [0.29, 0.717) is 15.8 Å². The lowest BCUT2D eigenvalue weighted by molar-refractivity contribution is -0.113. The van der Waals surface area contributed by atoms with E-state index in [1.807, 2.05) is 31.2 Å². The summed E-state index contributed by atoms with van der Waals surface area (Å²) >= 11 is 6.43. The number of anilines is 1. The topological polar surface area (TPSA) is 29.5 Å². The molecule has 1 saturated heterocycles. The van der Waals surface area contributed by atoms with E-state index in [0.717, 1.165) is 17.7 Å². The molecule has 3 nitrogen and oxygen atoms in total. The Balaban J connectivity index is 1.82. The molecule has 0 aromatic heterocycles. The van der Waals surface area contributed by atoms with Crippen molar-refractivity contribution in [3.05, 3.63) is 64.8 Å². The fourth-order valence-corrected chi connectivity index (χ4v) is 3.62. The Bertz CT molecular complexity index is 834. The van der Waals surface area contributed by atoms with E-state index in [4.69, 9.17) is 17.0 Å². The Morgan fingerprint density at radius 3 is 2.60 bits per heavy atom. The molecule has 1 aliphatic rings. The van der Waals surface area contributed by atoms with Gasteiger partial charge in [-0.05, 0) is 42.3 Å². The van der Waals surface area contributed by atoms with Crippen molar-refractivity contribution in [1.29, 1.82) is 0 Å². The van der Waals surface area contributed by atoms with Crippen molar-refractivity contribution in [2.45, 2.75) is 13.3 Å². The molecule has 2 aromatic carbocycles. The number of rotatable bonds is 5. The van der Waals surface area contributed by atoms with Crippen LogP contribution in [0.4, 0.5) is 10.1 Å². The molecule has 0 N–H and O–H groups in total. The summed E-state index contributed by atoms with van der Waals surface area (Å²) < 4.78 is 19.9. The molecule has 1 amide bonds. The lowest BCUT2D eigenvalue weighted by Crippen LogP contribution is -2.28. The molecular weight excluding hydrogens is 357 g/mol. The number of hydrogen-bond donors (Lipinski definition) is 0. The average Bonchev–Trinajstić information content (AvgIpc) is 2.89. The molecule has 25 heavy (non-hydrogen) atoms. The van der Waals surface area contributed by atoms with Crippen LogP contribution < -0.4 is 9.64 Å². The minimum Gasteiger partial charge on any atom is -0.494 e. The molecule has 0 aliphatic carbocycles. The predicted molar refractivity (Wildman–Crippen MR) is 104 cm³/mol. The lowest BCUT2D eigenvalue weighted by atomic mass is 10.2. The zero-order valence-electron chi connectivity index (χ0n) is 13.6. The number of benzene rings is 2. The second-order valence-corrected chi connectivity index (χ2v) is 7.06. The van der Waals surface area contributed by atoms with Gasteiger partial charge in [0.1, 0.15) is 11.6 Å². The first-order chi connectivity index (χ1) is 12.1. The minimum atomic E-state index is -0.475. The molecule has 0 bridgehead atoms. The van der Waals surface area contributed by atoms with Gasteiger partial charge in [0.2, 0.25) is 0 Å². The molecule has 0 unspecified atom stereocenters. The van der Waals surface area contributed by atoms with E-state index in [1.54, 1.807) is 24.3 Å². The summed E-state index contributed by atoms with van der Waals surface area (Å²) in [5.74, 6) is 0.00166. The number of thiocarbonyl (C=S) groups is 1. The van der Waals surface area contributed by atoms with E-state index in [9.17, 15) is 9.18 Å². The summed E-state index contributed by atoms with van der Waals surface area (Å²) in [6.45, 7) is 2.71. The van der Waals surface area contributed by atoms with E-state index >= 15 is 0 Å². The highest BCUT2D eigenvalue weighted by atomic mass is 32.2. The van der Waals surface area contributed by atoms with Gasteiger partial charge in [-0.15, -0.1) is 0 Å². The van der Waals surface area contributed by atoms with E-state index in [2.05, 4.69) is 0 Å². The number of halogens is 1. The van der Waals surface area contributed by atoms with Gasteiger partial charge < -0.3 is 4.74 Å². The molecule has 1 aliphatic heterocycles. The van der Waals surface area contributed by atoms with Crippen LogP contribution in [-0.2, 0) is 4.79 Å². The van der Waals surface area contributed by atoms with Crippen molar-refractivity contribution in [1.82, 2.24) is 0 Å². The summed E-state index contributed by atoms with van der Waals surface area (Å²) in [6, 6.07) is 13.6. The van der Waals surface area contributed by atoms with Crippen LogP contribution in [0.1, 0.15) is 18.9 Å². The van der Waals surface area contributed by atoms with Crippen molar-refractivity contribution in [2.75, 3.05) is 11.5 Å². The van der Waals surface area contributed by atoms with Crippen molar-refractivity contribution in [2.24, 2.45) is 0 Å². The number of hydrogen-bond acceptors (Lipinski definition) is 4. The number of carbonyl (C=O) groups excluding carboxylic acids is 1. The fraction of sp³-hybridized carbons (Fsp3) is 0.158. The third-order valence-corrected chi connectivity index (χ3v) is 4.84. The van der Waals surface area contributed by atoms with Gasteiger partial charge in [0.15, 0.2) is 4.32 Å². The molecule has 128 valence electrons. The maximum Gasteiger partial charge on any atom is 0.270 e. The first-order valence-corrected chi connectivity index (χ1v) is 9.08. The average molecular weight is 373 g/mol. The van der Waals surface area contributed by atoms with E-state index < -0.39 is 5.82 Å². The second kappa shape index (κ2) is 7.80. The Morgan fingerprint density at radius 1 is 1.20 bits per heavy atom. The van der Waals surface area contributed by atoms with E-state index in [-0.39, 0.29) is 11.6 Å². The summed E-state index contributed by atoms with van der Waals surface area (Å²) in [6.07, 6.45) is 2.70. The Kier molecular flexibility index (Phi) is 5.50. The molecule has 0 spiro atoms. The molecule has 0 atom stereocenters. The zero-order valence-corrected chi connectivity index (χ0v) is 15.2. The highest BCUT2D eigenvalue weighted by molar-refractivity contribution is 8.27. The molecule has 0 radical (unpaired) electrons. The smallest absolute Gasteiger partial charge is 0.270 e. The molecule has 0 saturated carbocycles. The van der Waals surface area contributed by atoms with Crippen LogP contribution in [0.3, 0.4) is 0 Å². The van der Waals surface area contributed by atoms with Crippen LogP contribution in [0.2, 0.25) is 0 Å². The van der Waals surface area contributed by atoms with Crippen molar-refractivity contribution >= 4 is 46.0 Å². The lowest BCUT2D eigenvalue weighted by Gasteiger charge is -2.14. The highest BCUT2D eigenvalue weighted by Crippen LogP contribution is 2.37. The van der Waals surface area contributed by atoms with Gasteiger partial charge in [-0.3, -0.25) is 9.69 Å². The van der Waals surface area contributed by atoms with Gasteiger partial charge in [0.25, 0.3) is 5.91 Å². The third-order valence-electron chi connectivity index (χ3n) is 3.54. The highest BCUT2D eigenvalue weighted by Gasteiger charge is 2.34. The number of carbonyl (C=O) groups is 1. The Labute approximate surface area is 155 Å². The van der Waals surface area contributed by atoms with Crippen LogP contribution in [-0.4, -0.2) is 16.8 Å². The molecule has 1 heterocycles. The van der Waals surface area contributed by atoms with Crippen LogP contribution in [0.25, 0.3) is 6.08 Å². The molecular formula is C19H16FNO2S2. The summed E-state index contributed by atoms with van der Waals surface area (Å²) in [4.78, 5) is 14.3. The van der Waals surface area contributed by atoms with Crippen molar-refractivity contribution in [3.63, 3.8) is 0 Å². The first kappa shape index (κ1) is 17.6. The minimum absolute atomic E-state index is 0.178. The predicted octanol–water partition coefficient (Wildman–Crippen LogP) is 5.02. The second-order valence-electron chi connectivity index (χ2n) is 5.39. The van der Waals surface area contributed by atoms with Gasteiger partial charge in [-0.2, -0.15) is 0 Å². The maximum atomic E-state index is 14.0. The number of nitrogens with zero attached hydrogens (tertiary/aromatic N) is 1. The van der Waals surface area contributed by atoms with Gasteiger partial charge in [-0.25, -0.2) is 4.39 Å². The van der Waals surface area contributed by atoms with E-state index in [1.165, 1.54) is 22.7 Å². The maximum absolute atomic E-state index is 14.0. The third kappa shape index (κ3) is 3.91. The molecule has 3 rings (SSSR count). The largest absolute Gasteiger partial charge is 0.494 e. The number of amides is 1. The Morgan fingerprint density at radius 2 is 1.92 bits per heavy atom. The number of para-hydroxylation sites is 1. The first-order valence-electron chi connectivity index (χ1n) is 7.85. The summed E-state index contributed by atoms with van der Waals surface area (Å²) in [5.41, 5.74) is 1.04.